The molecular weight excluding hydrogens is 234 g/mol. The van der Waals surface area contributed by atoms with Crippen LogP contribution in [0.1, 0.15) is 23.7 Å². The molecule has 1 unspecified atom stereocenters. The van der Waals surface area contributed by atoms with E-state index in [0.717, 1.165) is 0 Å². The van der Waals surface area contributed by atoms with E-state index in [1.54, 1.807) is 25.1 Å². The zero-order chi connectivity index (χ0) is 13.5. The third kappa shape index (κ3) is 4.25. The lowest BCUT2D eigenvalue weighted by atomic mass is 10.2. The first-order valence-electron chi connectivity index (χ1n) is 5.76. The van der Waals surface area contributed by atoms with Gasteiger partial charge in [-0.2, -0.15) is 0 Å². The molecule has 0 radical (unpaired) electrons. The number of aliphatic hydroxyl groups is 1. The Morgan fingerprint density at radius 1 is 1.28 bits per heavy atom. The van der Waals surface area contributed by atoms with Crippen molar-refractivity contribution in [2.45, 2.75) is 19.4 Å². The maximum absolute atomic E-state index is 11.9. The molecule has 5 heteroatoms. The van der Waals surface area contributed by atoms with E-state index in [1.165, 1.54) is 14.2 Å². The van der Waals surface area contributed by atoms with Crippen LogP contribution in [0.4, 0.5) is 0 Å². The summed E-state index contributed by atoms with van der Waals surface area (Å²) in [6.07, 6.45) is 0.0949. The Labute approximate surface area is 107 Å². The van der Waals surface area contributed by atoms with Gasteiger partial charge in [-0.25, -0.2) is 0 Å². The molecule has 0 saturated carbocycles. The van der Waals surface area contributed by atoms with E-state index < -0.39 is 6.10 Å². The van der Waals surface area contributed by atoms with Crippen LogP contribution in [0.2, 0.25) is 0 Å². The van der Waals surface area contributed by atoms with Crippen molar-refractivity contribution in [2.24, 2.45) is 0 Å². The summed E-state index contributed by atoms with van der Waals surface area (Å²) < 4.78 is 10.2. The molecule has 0 spiro atoms. The van der Waals surface area contributed by atoms with Gasteiger partial charge in [0, 0.05) is 18.2 Å². The van der Waals surface area contributed by atoms with Crippen molar-refractivity contribution in [2.75, 3.05) is 20.8 Å². The number of carbonyl (C=O) groups is 1. The van der Waals surface area contributed by atoms with Gasteiger partial charge in [0.2, 0.25) is 0 Å². The largest absolute Gasteiger partial charge is 0.497 e. The molecule has 1 rings (SSSR count). The SMILES string of the molecule is COc1cc(OC)cc(C(=O)NCCC(C)O)c1. The minimum atomic E-state index is -0.426. The van der Waals surface area contributed by atoms with Crippen LogP contribution in [-0.4, -0.2) is 37.9 Å². The van der Waals surface area contributed by atoms with Crippen LogP contribution < -0.4 is 14.8 Å². The summed E-state index contributed by atoms with van der Waals surface area (Å²) in [6.45, 7) is 2.11. The molecular formula is C13H19NO4. The van der Waals surface area contributed by atoms with Crippen LogP contribution in [-0.2, 0) is 0 Å². The van der Waals surface area contributed by atoms with Crippen LogP contribution in [0.3, 0.4) is 0 Å². The van der Waals surface area contributed by atoms with Crippen molar-refractivity contribution in [1.82, 2.24) is 5.32 Å². The molecule has 100 valence electrons. The van der Waals surface area contributed by atoms with Crippen LogP contribution in [0, 0.1) is 0 Å². The zero-order valence-electron chi connectivity index (χ0n) is 10.9. The van der Waals surface area contributed by atoms with E-state index in [0.29, 0.717) is 30.0 Å². The molecule has 0 fully saturated rings. The molecule has 0 saturated heterocycles. The molecule has 0 aliphatic heterocycles. The molecule has 5 nitrogen and oxygen atoms in total. The second-order valence-corrected chi connectivity index (χ2v) is 3.99. The maximum atomic E-state index is 11.9. The molecule has 1 atom stereocenters. The highest BCUT2D eigenvalue weighted by molar-refractivity contribution is 5.95. The van der Waals surface area contributed by atoms with E-state index in [-0.39, 0.29) is 5.91 Å². The normalized spacial score (nSPS) is 11.8. The van der Waals surface area contributed by atoms with Crippen molar-refractivity contribution in [3.8, 4) is 11.5 Å². The fourth-order valence-corrected chi connectivity index (χ4v) is 1.44. The smallest absolute Gasteiger partial charge is 0.251 e. The first-order chi connectivity index (χ1) is 8.56. The monoisotopic (exact) mass is 253 g/mol. The van der Waals surface area contributed by atoms with Gasteiger partial charge in [-0.05, 0) is 25.5 Å². The molecule has 0 aromatic heterocycles. The summed E-state index contributed by atoms with van der Waals surface area (Å²) in [7, 11) is 3.06. The number of aliphatic hydroxyl groups excluding tert-OH is 1. The molecule has 0 bridgehead atoms. The van der Waals surface area contributed by atoms with E-state index in [4.69, 9.17) is 14.6 Å². The number of ether oxygens (including phenoxy) is 2. The van der Waals surface area contributed by atoms with Gasteiger partial charge >= 0.3 is 0 Å². The zero-order valence-corrected chi connectivity index (χ0v) is 10.9. The third-order valence-electron chi connectivity index (χ3n) is 2.46. The summed E-state index contributed by atoms with van der Waals surface area (Å²) in [4.78, 5) is 11.9. The Bertz CT molecular complexity index is 382. The number of hydrogen-bond acceptors (Lipinski definition) is 4. The van der Waals surface area contributed by atoms with E-state index in [9.17, 15) is 4.79 Å². The van der Waals surface area contributed by atoms with Crippen molar-refractivity contribution >= 4 is 5.91 Å². The lowest BCUT2D eigenvalue weighted by Gasteiger charge is -2.09. The van der Waals surface area contributed by atoms with Gasteiger partial charge in [-0.1, -0.05) is 0 Å². The quantitative estimate of drug-likeness (QED) is 0.799. The average Bonchev–Trinajstić information content (AvgIpc) is 2.37. The van der Waals surface area contributed by atoms with Crippen LogP contribution in [0.15, 0.2) is 18.2 Å². The first-order valence-corrected chi connectivity index (χ1v) is 5.76. The number of carbonyl (C=O) groups excluding carboxylic acids is 1. The topological polar surface area (TPSA) is 67.8 Å². The van der Waals surface area contributed by atoms with Gasteiger partial charge < -0.3 is 19.9 Å². The van der Waals surface area contributed by atoms with E-state index in [2.05, 4.69) is 5.32 Å². The maximum Gasteiger partial charge on any atom is 0.251 e. The lowest BCUT2D eigenvalue weighted by Crippen LogP contribution is -2.26. The fourth-order valence-electron chi connectivity index (χ4n) is 1.44. The number of nitrogens with one attached hydrogen (secondary N) is 1. The molecule has 1 aromatic carbocycles. The second-order valence-electron chi connectivity index (χ2n) is 3.99. The summed E-state index contributed by atoms with van der Waals surface area (Å²) in [5.74, 6) is 0.915. The predicted octanol–water partition coefficient (Wildman–Crippen LogP) is 1.20. The van der Waals surface area contributed by atoms with Crippen LogP contribution in [0.5, 0.6) is 11.5 Å². The van der Waals surface area contributed by atoms with Crippen LogP contribution in [0.25, 0.3) is 0 Å². The molecule has 0 aliphatic carbocycles. The summed E-state index contributed by atoms with van der Waals surface area (Å²) in [6, 6.07) is 4.98. The summed E-state index contributed by atoms with van der Waals surface area (Å²) >= 11 is 0. The molecule has 0 heterocycles. The van der Waals surface area contributed by atoms with Crippen molar-refractivity contribution in [1.29, 1.82) is 0 Å². The minimum absolute atomic E-state index is 0.215. The van der Waals surface area contributed by atoms with Gasteiger partial charge in [-0.3, -0.25) is 4.79 Å². The first kappa shape index (κ1) is 14.3. The van der Waals surface area contributed by atoms with E-state index in [1.807, 2.05) is 0 Å². The number of amides is 1. The van der Waals surface area contributed by atoms with Crippen LogP contribution >= 0.6 is 0 Å². The summed E-state index contributed by atoms with van der Waals surface area (Å²) in [5.41, 5.74) is 0.469. The van der Waals surface area contributed by atoms with Crippen molar-refractivity contribution in [3.05, 3.63) is 23.8 Å². The molecule has 18 heavy (non-hydrogen) atoms. The Hall–Kier alpha value is -1.75. The molecule has 1 aromatic rings. The number of benzene rings is 1. The predicted molar refractivity (Wildman–Crippen MR) is 68.2 cm³/mol. The van der Waals surface area contributed by atoms with Crippen molar-refractivity contribution in [3.63, 3.8) is 0 Å². The highest BCUT2D eigenvalue weighted by atomic mass is 16.5. The fraction of sp³-hybridized carbons (Fsp3) is 0.462. The standard InChI is InChI=1S/C13H19NO4/c1-9(15)4-5-14-13(16)10-6-11(17-2)8-12(7-10)18-3/h6-9,15H,4-5H2,1-3H3,(H,14,16). The average molecular weight is 253 g/mol. The summed E-state index contributed by atoms with van der Waals surface area (Å²) in [5, 5.41) is 11.8. The van der Waals surface area contributed by atoms with Gasteiger partial charge in [0.25, 0.3) is 5.91 Å². The molecule has 1 amide bonds. The second kappa shape index (κ2) is 6.86. The van der Waals surface area contributed by atoms with Gasteiger partial charge in [0.05, 0.1) is 20.3 Å². The molecule has 0 aliphatic rings. The number of hydrogen-bond donors (Lipinski definition) is 2. The van der Waals surface area contributed by atoms with Gasteiger partial charge in [0.15, 0.2) is 0 Å². The number of rotatable bonds is 6. The molecule has 2 N–H and O–H groups in total. The minimum Gasteiger partial charge on any atom is -0.497 e. The Kier molecular flexibility index (Phi) is 5.45. The van der Waals surface area contributed by atoms with E-state index >= 15 is 0 Å². The highest BCUT2D eigenvalue weighted by Gasteiger charge is 2.09. The van der Waals surface area contributed by atoms with Crippen molar-refractivity contribution < 1.29 is 19.4 Å². The Balaban J connectivity index is 2.72. The Morgan fingerprint density at radius 2 is 1.83 bits per heavy atom. The van der Waals surface area contributed by atoms with Gasteiger partial charge in [0.1, 0.15) is 11.5 Å². The Morgan fingerprint density at radius 3 is 2.28 bits per heavy atom. The third-order valence-corrected chi connectivity index (χ3v) is 2.46. The van der Waals surface area contributed by atoms with Gasteiger partial charge in [-0.15, -0.1) is 0 Å². The number of methoxy groups -OCH3 is 2. The lowest BCUT2D eigenvalue weighted by molar-refractivity contribution is 0.0945. The highest BCUT2D eigenvalue weighted by Crippen LogP contribution is 2.22.